The van der Waals surface area contributed by atoms with Crippen LogP contribution in [0.25, 0.3) is 6.08 Å². The second kappa shape index (κ2) is 7.56. The van der Waals surface area contributed by atoms with Gasteiger partial charge in [-0.3, -0.25) is 20.3 Å². The van der Waals surface area contributed by atoms with Gasteiger partial charge in [-0.1, -0.05) is 23.9 Å². The molecular formula is C17H11N3O5S2. The molecule has 0 radical (unpaired) electrons. The van der Waals surface area contributed by atoms with Crippen molar-refractivity contribution >= 4 is 57.6 Å². The number of hydrogen-bond acceptors (Lipinski definition) is 7. The van der Waals surface area contributed by atoms with Crippen LogP contribution in [0.5, 0.6) is 0 Å². The molecular weight excluding hydrogens is 390 g/mol. The lowest BCUT2D eigenvalue weighted by atomic mass is 10.1. The maximum atomic E-state index is 12.6. The maximum absolute atomic E-state index is 12.6. The molecule has 8 nitrogen and oxygen atoms in total. The first-order valence-corrected chi connectivity index (χ1v) is 8.70. The molecule has 10 heteroatoms. The predicted molar refractivity (Wildman–Crippen MR) is 105 cm³/mol. The van der Waals surface area contributed by atoms with Crippen molar-refractivity contribution < 1.29 is 19.6 Å². The van der Waals surface area contributed by atoms with Crippen LogP contribution in [0.2, 0.25) is 0 Å². The van der Waals surface area contributed by atoms with Crippen LogP contribution in [0.4, 0.5) is 11.4 Å². The molecule has 2 N–H and O–H groups in total. The number of benzene rings is 2. The van der Waals surface area contributed by atoms with Gasteiger partial charge in [0.15, 0.2) is 4.32 Å². The molecule has 1 aliphatic heterocycles. The monoisotopic (exact) mass is 401 g/mol. The number of carbonyl (C=O) groups is 2. The Hall–Kier alpha value is -3.24. The predicted octanol–water partition coefficient (Wildman–Crippen LogP) is 3.52. The van der Waals surface area contributed by atoms with Crippen LogP contribution >= 0.6 is 24.0 Å². The molecule has 1 fully saturated rings. The van der Waals surface area contributed by atoms with Crippen LogP contribution in [0.15, 0.2) is 53.4 Å². The molecule has 1 saturated heterocycles. The molecule has 0 unspecified atom stereocenters. The number of amides is 1. The van der Waals surface area contributed by atoms with Gasteiger partial charge in [-0.25, -0.2) is 9.80 Å². The van der Waals surface area contributed by atoms with E-state index < -0.39 is 10.9 Å². The highest BCUT2D eigenvalue weighted by atomic mass is 32.2. The number of nitro benzene ring substituents is 1. The molecule has 0 atom stereocenters. The van der Waals surface area contributed by atoms with Gasteiger partial charge in [0.1, 0.15) is 0 Å². The third-order valence-corrected chi connectivity index (χ3v) is 4.87. The zero-order valence-electron chi connectivity index (χ0n) is 13.5. The van der Waals surface area contributed by atoms with Crippen LogP contribution in [-0.2, 0) is 4.79 Å². The van der Waals surface area contributed by atoms with Gasteiger partial charge in [-0.15, -0.1) is 0 Å². The van der Waals surface area contributed by atoms with Crippen molar-refractivity contribution in [3.63, 3.8) is 0 Å². The Labute approximate surface area is 162 Å². The lowest BCUT2D eigenvalue weighted by molar-refractivity contribution is -0.384. The summed E-state index contributed by atoms with van der Waals surface area (Å²) >= 11 is 6.31. The van der Waals surface area contributed by atoms with Gasteiger partial charge >= 0.3 is 5.97 Å². The van der Waals surface area contributed by atoms with Crippen molar-refractivity contribution in [2.24, 2.45) is 0 Å². The molecule has 2 aromatic carbocycles. The summed E-state index contributed by atoms with van der Waals surface area (Å²) in [5, 5.41) is 20.8. The summed E-state index contributed by atoms with van der Waals surface area (Å²) in [7, 11) is 0. The molecule has 2 aromatic rings. The number of non-ortho nitro benzene ring substituents is 1. The third-order valence-electron chi connectivity index (χ3n) is 3.57. The van der Waals surface area contributed by atoms with E-state index in [0.717, 1.165) is 11.8 Å². The number of thiocarbonyl (C=S) groups is 1. The van der Waals surface area contributed by atoms with Gasteiger partial charge in [-0.2, -0.15) is 0 Å². The minimum atomic E-state index is -1.03. The Morgan fingerprint density at radius 3 is 2.37 bits per heavy atom. The number of thioether (sulfide) groups is 1. The van der Waals surface area contributed by atoms with Crippen LogP contribution < -0.4 is 5.43 Å². The number of carboxylic acids is 1. The topological polar surface area (TPSA) is 113 Å². The van der Waals surface area contributed by atoms with Crippen molar-refractivity contribution in [2.75, 3.05) is 5.43 Å². The van der Waals surface area contributed by atoms with Gasteiger partial charge in [0.2, 0.25) is 0 Å². The number of aromatic carboxylic acids is 1. The van der Waals surface area contributed by atoms with E-state index in [1.807, 2.05) is 0 Å². The molecule has 27 heavy (non-hydrogen) atoms. The quantitative estimate of drug-likeness (QED) is 0.339. The van der Waals surface area contributed by atoms with Crippen molar-refractivity contribution in [3.05, 3.63) is 74.7 Å². The summed E-state index contributed by atoms with van der Waals surface area (Å²) < 4.78 is 0.284. The Kier molecular flexibility index (Phi) is 5.19. The zero-order valence-corrected chi connectivity index (χ0v) is 15.1. The Morgan fingerprint density at radius 2 is 1.81 bits per heavy atom. The number of carboxylic acid groups (broad SMARTS) is 1. The summed E-state index contributed by atoms with van der Waals surface area (Å²) in [5.74, 6) is -1.40. The SMILES string of the molecule is O=C(O)c1ccc(/C=C2/SC(=S)N(Nc3ccc([N+](=O)[O-])cc3)C2=O)cc1. The zero-order chi connectivity index (χ0) is 19.6. The molecule has 0 bridgehead atoms. The average Bonchev–Trinajstić information content (AvgIpc) is 2.90. The van der Waals surface area contributed by atoms with E-state index in [1.165, 1.54) is 41.4 Å². The highest BCUT2D eigenvalue weighted by molar-refractivity contribution is 8.26. The van der Waals surface area contributed by atoms with E-state index in [9.17, 15) is 19.7 Å². The standard InChI is InChI=1S/C17H11N3O5S2/c21-15-14(9-10-1-3-11(4-2-10)16(22)23)27-17(26)19(15)18-12-5-7-13(8-6-12)20(24)25/h1-9,18H,(H,22,23)/b14-9+. The highest BCUT2D eigenvalue weighted by Gasteiger charge is 2.32. The van der Waals surface area contributed by atoms with E-state index >= 15 is 0 Å². The van der Waals surface area contributed by atoms with Crippen LogP contribution in [0.3, 0.4) is 0 Å². The minimum Gasteiger partial charge on any atom is -0.478 e. The first kappa shape index (κ1) is 18.5. The van der Waals surface area contributed by atoms with E-state index in [1.54, 1.807) is 18.2 Å². The molecule has 0 spiro atoms. The lowest BCUT2D eigenvalue weighted by Crippen LogP contribution is -2.33. The molecule has 1 heterocycles. The van der Waals surface area contributed by atoms with Crippen molar-refractivity contribution in [1.82, 2.24) is 5.01 Å². The summed E-state index contributed by atoms with van der Waals surface area (Å²) in [4.78, 5) is 34.0. The first-order chi connectivity index (χ1) is 12.8. The largest absolute Gasteiger partial charge is 0.478 e. The first-order valence-electron chi connectivity index (χ1n) is 7.47. The smallest absolute Gasteiger partial charge is 0.335 e. The summed E-state index contributed by atoms with van der Waals surface area (Å²) in [5.41, 5.74) is 4.06. The summed E-state index contributed by atoms with van der Waals surface area (Å²) in [6.45, 7) is 0. The van der Waals surface area contributed by atoms with Crippen LogP contribution in [-0.4, -0.2) is 31.2 Å². The number of hydrogen-bond donors (Lipinski definition) is 2. The fourth-order valence-corrected chi connectivity index (χ4v) is 3.40. The Balaban J connectivity index is 1.76. The second-order valence-corrected chi connectivity index (χ2v) is 7.04. The van der Waals surface area contributed by atoms with E-state index in [-0.39, 0.29) is 21.5 Å². The number of nitrogens with one attached hydrogen (secondary N) is 1. The third kappa shape index (κ3) is 4.13. The summed E-state index contributed by atoms with van der Waals surface area (Å²) in [6, 6.07) is 11.7. The van der Waals surface area contributed by atoms with Gasteiger partial charge < -0.3 is 5.11 Å². The Bertz CT molecular complexity index is 971. The van der Waals surface area contributed by atoms with Crippen molar-refractivity contribution in [1.29, 1.82) is 0 Å². The second-order valence-electron chi connectivity index (χ2n) is 5.36. The number of nitro groups is 1. The van der Waals surface area contributed by atoms with Crippen LogP contribution in [0.1, 0.15) is 15.9 Å². The Morgan fingerprint density at radius 1 is 1.19 bits per heavy atom. The van der Waals surface area contributed by atoms with E-state index in [4.69, 9.17) is 17.3 Å². The van der Waals surface area contributed by atoms with Gasteiger partial charge in [0.05, 0.1) is 21.1 Å². The number of anilines is 1. The molecule has 3 rings (SSSR count). The normalized spacial score (nSPS) is 15.3. The maximum Gasteiger partial charge on any atom is 0.335 e. The highest BCUT2D eigenvalue weighted by Crippen LogP contribution is 2.33. The molecule has 136 valence electrons. The fourth-order valence-electron chi connectivity index (χ4n) is 2.22. The molecule has 1 amide bonds. The van der Waals surface area contributed by atoms with E-state index in [2.05, 4.69) is 5.43 Å². The molecule has 1 aliphatic rings. The van der Waals surface area contributed by atoms with Crippen LogP contribution in [0, 0.1) is 10.1 Å². The fraction of sp³-hybridized carbons (Fsp3) is 0. The lowest BCUT2D eigenvalue weighted by Gasteiger charge is -2.16. The average molecular weight is 401 g/mol. The molecule has 0 aromatic heterocycles. The number of nitrogens with zero attached hydrogens (tertiary/aromatic N) is 2. The number of rotatable bonds is 5. The number of hydrazine groups is 1. The number of carbonyl (C=O) groups excluding carboxylic acids is 1. The van der Waals surface area contributed by atoms with E-state index in [0.29, 0.717) is 16.2 Å². The van der Waals surface area contributed by atoms with Gasteiger partial charge in [0, 0.05) is 12.1 Å². The van der Waals surface area contributed by atoms with Crippen molar-refractivity contribution in [3.8, 4) is 0 Å². The minimum absolute atomic E-state index is 0.0596. The van der Waals surface area contributed by atoms with Gasteiger partial charge in [-0.05, 0) is 48.1 Å². The molecule has 0 saturated carbocycles. The molecule has 0 aliphatic carbocycles. The van der Waals surface area contributed by atoms with Gasteiger partial charge in [0.25, 0.3) is 11.6 Å². The van der Waals surface area contributed by atoms with Crippen molar-refractivity contribution in [2.45, 2.75) is 0 Å². The summed E-state index contributed by atoms with van der Waals surface area (Å²) in [6.07, 6.45) is 1.61.